The molecule has 1 aromatic carbocycles. The van der Waals surface area contributed by atoms with Gasteiger partial charge < -0.3 is 4.74 Å². The smallest absolute Gasteiger partial charge is 0.145 e. The molecule has 0 N–H and O–H groups in total. The van der Waals surface area contributed by atoms with E-state index in [0.29, 0.717) is 22.7 Å². The van der Waals surface area contributed by atoms with Crippen molar-refractivity contribution in [1.29, 1.82) is 5.26 Å². The monoisotopic (exact) mass is 297 g/mol. The van der Waals surface area contributed by atoms with Gasteiger partial charge in [0.2, 0.25) is 0 Å². The molecule has 0 radical (unpaired) electrons. The van der Waals surface area contributed by atoms with Crippen LogP contribution in [0, 0.1) is 23.1 Å². The Morgan fingerprint density at radius 1 is 1.41 bits per heavy atom. The zero-order valence-corrected chi connectivity index (χ0v) is 11.0. The van der Waals surface area contributed by atoms with Crippen molar-refractivity contribution in [1.82, 2.24) is 0 Å². The lowest BCUT2D eigenvalue weighted by Gasteiger charge is -2.13. The molecule has 0 atom stereocenters. The van der Waals surface area contributed by atoms with Crippen molar-refractivity contribution in [3.8, 4) is 11.8 Å². The third-order valence-corrected chi connectivity index (χ3v) is 3.54. The Labute approximate surface area is 109 Å². The Morgan fingerprint density at radius 2 is 2.12 bits per heavy atom. The van der Waals surface area contributed by atoms with E-state index in [4.69, 9.17) is 10.00 Å². The quantitative estimate of drug-likeness (QED) is 0.844. The molecule has 0 unspecified atom stereocenters. The van der Waals surface area contributed by atoms with E-state index in [1.807, 2.05) is 6.07 Å². The van der Waals surface area contributed by atoms with E-state index in [0.717, 1.165) is 0 Å². The molecule has 90 valence electrons. The van der Waals surface area contributed by atoms with Gasteiger partial charge in [0.25, 0.3) is 0 Å². The summed E-state index contributed by atoms with van der Waals surface area (Å²) in [4.78, 5) is 0. The Kier molecular flexibility index (Phi) is 4.01. The first kappa shape index (κ1) is 12.4. The molecule has 17 heavy (non-hydrogen) atoms. The molecule has 1 saturated carbocycles. The van der Waals surface area contributed by atoms with Crippen molar-refractivity contribution < 1.29 is 9.13 Å². The van der Waals surface area contributed by atoms with Crippen molar-refractivity contribution in [2.75, 3.05) is 6.61 Å². The molecule has 0 aromatic heterocycles. The zero-order valence-electron chi connectivity index (χ0n) is 9.38. The predicted molar refractivity (Wildman–Crippen MR) is 66.3 cm³/mol. The van der Waals surface area contributed by atoms with Crippen LogP contribution in [0.2, 0.25) is 0 Å². The summed E-state index contributed by atoms with van der Waals surface area (Å²) in [6.45, 7) is 0.574. The second-order valence-electron chi connectivity index (χ2n) is 4.33. The van der Waals surface area contributed by atoms with E-state index in [-0.39, 0.29) is 5.56 Å². The largest absolute Gasteiger partial charge is 0.492 e. The van der Waals surface area contributed by atoms with Crippen LogP contribution in [0.1, 0.15) is 31.2 Å². The molecule has 1 aliphatic carbocycles. The number of hydrogen-bond acceptors (Lipinski definition) is 2. The van der Waals surface area contributed by atoms with E-state index < -0.39 is 5.82 Å². The van der Waals surface area contributed by atoms with Gasteiger partial charge in [-0.1, -0.05) is 28.8 Å². The maximum Gasteiger partial charge on any atom is 0.145 e. The van der Waals surface area contributed by atoms with Gasteiger partial charge in [-0.15, -0.1) is 0 Å². The van der Waals surface area contributed by atoms with Gasteiger partial charge in [-0.2, -0.15) is 5.26 Å². The van der Waals surface area contributed by atoms with Crippen LogP contribution in [-0.4, -0.2) is 6.61 Å². The molecule has 0 bridgehead atoms. The molecule has 4 heteroatoms. The number of rotatable bonds is 3. The summed E-state index contributed by atoms with van der Waals surface area (Å²) in [5, 5.41) is 8.90. The molecule has 1 aromatic rings. The fourth-order valence-corrected chi connectivity index (χ4v) is 2.57. The maximum atomic E-state index is 13.5. The standard InChI is InChI=1S/C13H13BrFNO/c14-10-5-12(15)11(7-16)13(6-10)17-8-9-3-1-2-4-9/h5-6,9H,1-4,8H2. The van der Waals surface area contributed by atoms with Gasteiger partial charge in [0.05, 0.1) is 6.61 Å². The molecule has 0 heterocycles. The lowest BCUT2D eigenvalue weighted by Crippen LogP contribution is -2.09. The Balaban J connectivity index is 2.11. The maximum absolute atomic E-state index is 13.5. The van der Waals surface area contributed by atoms with Crippen molar-refractivity contribution in [2.45, 2.75) is 25.7 Å². The minimum absolute atomic E-state index is 0.00815. The van der Waals surface area contributed by atoms with Gasteiger partial charge in [0.1, 0.15) is 23.2 Å². The molecule has 2 nitrogen and oxygen atoms in total. The third-order valence-electron chi connectivity index (χ3n) is 3.08. The van der Waals surface area contributed by atoms with Crippen molar-refractivity contribution in [2.24, 2.45) is 5.92 Å². The van der Waals surface area contributed by atoms with Crippen LogP contribution >= 0.6 is 15.9 Å². The van der Waals surface area contributed by atoms with E-state index in [2.05, 4.69) is 15.9 Å². The number of nitriles is 1. The summed E-state index contributed by atoms with van der Waals surface area (Å²) in [5.41, 5.74) is -0.00815. The minimum Gasteiger partial charge on any atom is -0.492 e. The Bertz CT molecular complexity index is 449. The number of halogens is 2. The summed E-state index contributed by atoms with van der Waals surface area (Å²) >= 11 is 3.20. The summed E-state index contributed by atoms with van der Waals surface area (Å²) < 4.78 is 19.7. The highest BCUT2D eigenvalue weighted by atomic mass is 79.9. The van der Waals surface area contributed by atoms with Crippen LogP contribution in [0.25, 0.3) is 0 Å². The first-order valence-electron chi connectivity index (χ1n) is 5.72. The van der Waals surface area contributed by atoms with E-state index in [9.17, 15) is 4.39 Å². The van der Waals surface area contributed by atoms with Gasteiger partial charge in [0.15, 0.2) is 0 Å². The number of hydrogen-bond donors (Lipinski definition) is 0. The molecule has 1 aliphatic rings. The number of ether oxygens (including phenoxy) is 1. The molecule has 2 rings (SSSR count). The van der Waals surface area contributed by atoms with Gasteiger partial charge >= 0.3 is 0 Å². The SMILES string of the molecule is N#Cc1c(F)cc(Br)cc1OCC1CCCC1. The highest BCUT2D eigenvalue weighted by Crippen LogP contribution is 2.29. The normalized spacial score (nSPS) is 15.8. The molecule has 0 aliphatic heterocycles. The summed E-state index contributed by atoms with van der Waals surface area (Å²) in [5.74, 6) is 0.346. The van der Waals surface area contributed by atoms with Crippen LogP contribution in [-0.2, 0) is 0 Å². The van der Waals surface area contributed by atoms with Crippen molar-refractivity contribution in [3.05, 3.63) is 28.0 Å². The zero-order chi connectivity index (χ0) is 12.3. The van der Waals surface area contributed by atoms with Gasteiger partial charge in [-0.05, 0) is 30.9 Å². The van der Waals surface area contributed by atoms with E-state index in [1.165, 1.54) is 31.7 Å². The van der Waals surface area contributed by atoms with Crippen molar-refractivity contribution in [3.63, 3.8) is 0 Å². The second kappa shape index (κ2) is 5.50. The van der Waals surface area contributed by atoms with E-state index >= 15 is 0 Å². The third kappa shape index (κ3) is 2.98. The predicted octanol–water partition coefficient (Wildman–Crippen LogP) is 4.03. The summed E-state index contributed by atoms with van der Waals surface area (Å²) in [6, 6.07) is 4.77. The highest BCUT2D eigenvalue weighted by Gasteiger charge is 2.17. The fourth-order valence-electron chi connectivity index (χ4n) is 2.16. The average Bonchev–Trinajstić information content (AvgIpc) is 2.78. The van der Waals surface area contributed by atoms with Crippen LogP contribution in [0.4, 0.5) is 4.39 Å². The van der Waals surface area contributed by atoms with Gasteiger partial charge in [-0.3, -0.25) is 0 Å². The molecule has 0 amide bonds. The first-order chi connectivity index (χ1) is 8.20. The van der Waals surface area contributed by atoms with Gasteiger partial charge in [-0.25, -0.2) is 4.39 Å². The Morgan fingerprint density at radius 3 is 2.76 bits per heavy atom. The topological polar surface area (TPSA) is 33.0 Å². The lowest BCUT2D eigenvalue weighted by molar-refractivity contribution is 0.250. The molecular formula is C13H13BrFNO. The number of nitrogens with zero attached hydrogens (tertiary/aromatic N) is 1. The second-order valence-corrected chi connectivity index (χ2v) is 5.25. The molecule has 1 fully saturated rings. The fraction of sp³-hybridized carbons (Fsp3) is 0.462. The minimum atomic E-state index is -0.539. The van der Waals surface area contributed by atoms with Crippen LogP contribution in [0.15, 0.2) is 16.6 Å². The summed E-state index contributed by atoms with van der Waals surface area (Å²) in [7, 11) is 0. The van der Waals surface area contributed by atoms with Gasteiger partial charge in [0, 0.05) is 4.47 Å². The number of benzene rings is 1. The average molecular weight is 298 g/mol. The van der Waals surface area contributed by atoms with Crippen LogP contribution < -0.4 is 4.74 Å². The Hall–Kier alpha value is -1.08. The van der Waals surface area contributed by atoms with Crippen LogP contribution in [0.5, 0.6) is 5.75 Å². The van der Waals surface area contributed by atoms with Crippen LogP contribution in [0.3, 0.4) is 0 Å². The first-order valence-corrected chi connectivity index (χ1v) is 6.52. The summed E-state index contributed by atoms with van der Waals surface area (Å²) in [6.07, 6.45) is 4.81. The molecular weight excluding hydrogens is 285 g/mol. The molecule has 0 saturated heterocycles. The lowest BCUT2D eigenvalue weighted by atomic mass is 10.1. The highest BCUT2D eigenvalue weighted by molar-refractivity contribution is 9.10. The molecule has 0 spiro atoms. The van der Waals surface area contributed by atoms with E-state index in [1.54, 1.807) is 6.07 Å². The van der Waals surface area contributed by atoms with Crippen molar-refractivity contribution >= 4 is 15.9 Å².